The fourth-order valence-electron chi connectivity index (χ4n) is 2.90. The maximum absolute atomic E-state index is 2.29. The molecule has 108 valence electrons. The summed E-state index contributed by atoms with van der Waals surface area (Å²) in [5.74, 6) is 1.11. The first-order valence-electron chi connectivity index (χ1n) is 8.43. The van der Waals surface area contributed by atoms with Crippen LogP contribution in [0.1, 0.15) is 77.6 Å². The molecule has 0 aliphatic heterocycles. The number of hydrogen-bond donors (Lipinski definition) is 0. The molecule has 2 rings (SSSR count). The Balaban J connectivity index is 0.000000250. The highest BCUT2D eigenvalue weighted by molar-refractivity contribution is 4.99. The Kier molecular flexibility index (Phi) is 10.5. The minimum Gasteiger partial charge on any atom is -0.0654 e. The normalized spacial score (nSPS) is 15.6. The minimum atomic E-state index is 1.11. The van der Waals surface area contributed by atoms with Crippen LogP contribution >= 0.6 is 0 Å². The molecule has 1 aromatic rings. The third kappa shape index (κ3) is 9.76. The Morgan fingerprint density at radius 1 is 0.684 bits per heavy atom. The molecular formula is C19H32. The maximum atomic E-state index is 2.29. The van der Waals surface area contributed by atoms with Crippen LogP contribution in [0.4, 0.5) is 0 Å². The van der Waals surface area contributed by atoms with Crippen LogP contribution in [-0.4, -0.2) is 0 Å². The zero-order valence-electron chi connectivity index (χ0n) is 12.8. The average molecular weight is 260 g/mol. The summed E-state index contributed by atoms with van der Waals surface area (Å²) in [7, 11) is 0. The number of hydrogen-bond acceptors (Lipinski definition) is 0. The fraction of sp³-hybridized carbons (Fsp3) is 0.684. The smallest absolute Gasteiger partial charge is 0.0414 e. The Morgan fingerprint density at radius 3 is 1.74 bits per heavy atom. The van der Waals surface area contributed by atoms with Gasteiger partial charge < -0.3 is 0 Å². The van der Waals surface area contributed by atoms with Crippen LogP contribution in [0.15, 0.2) is 36.4 Å². The largest absolute Gasteiger partial charge is 0.0654 e. The molecule has 0 radical (unpaired) electrons. The molecule has 0 spiro atoms. The van der Waals surface area contributed by atoms with Crippen LogP contribution in [0.25, 0.3) is 0 Å². The van der Waals surface area contributed by atoms with E-state index in [1.807, 2.05) is 36.4 Å². The molecule has 1 aromatic carbocycles. The van der Waals surface area contributed by atoms with Gasteiger partial charge in [-0.25, -0.2) is 0 Å². The summed E-state index contributed by atoms with van der Waals surface area (Å²) < 4.78 is 0. The summed E-state index contributed by atoms with van der Waals surface area (Å²) in [5, 5.41) is 0. The van der Waals surface area contributed by atoms with E-state index in [1.54, 1.807) is 0 Å². The summed E-state index contributed by atoms with van der Waals surface area (Å²) in [6, 6.07) is 12.0. The Labute approximate surface area is 120 Å². The monoisotopic (exact) mass is 260 g/mol. The number of unbranched alkanes of at least 4 members (excludes halogenated alkanes) is 4. The third-order valence-electron chi connectivity index (χ3n) is 4.11. The lowest BCUT2D eigenvalue weighted by Gasteiger charge is -2.21. The van der Waals surface area contributed by atoms with Crippen LogP contribution in [0.2, 0.25) is 0 Å². The van der Waals surface area contributed by atoms with Gasteiger partial charge >= 0.3 is 0 Å². The fourth-order valence-corrected chi connectivity index (χ4v) is 2.90. The molecule has 0 unspecified atom stereocenters. The molecule has 0 saturated heterocycles. The van der Waals surface area contributed by atoms with E-state index in [2.05, 4.69) is 6.92 Å². The molecule has 0 heteroatoms. The molecule has 0 N–H and O–H groups in total. The molecule has 0 atom stereocenters. The highest BCUT2D eigenvalue weighted by Crippen LogP contribution is 2.27. The van der Waals surface area contributed by atoms with E-state index in [-0.39, 0.29) is 0 Å². The van der Waals surface area contributed by atoms with E-state index >= 15 is 0 Å². The molecule has 1 saturated carbocycles. The lowest BCUT2D eigenvalue weighted by Crippen LogP contribution is -2.05. The summed E-state index contributed by atoms with van der Waals surface area (Å²) in [5.41, 5.74) is 0. The lowest BCUT2D eigenvalue weighted by molar-refractivity contribution is 0.328. The second-order valence-electron chi connectivity index (χ2n) is 5.86. The summed E-state index contributed by atoms with van der Waals surface area (Å²) >= 11 is 0. The predicted molar refractivity (Wildman–Crippen MR) is 86.4 cm³/mol. The summed E-state index contributed by atoms with van der Waals surface area (Å²) in [6.45, 7) is 2.29. The molecule has 1 aliphatic rings. The molecule has 0 bridgehead atoms. The lowest BCUT2D eigenvalue weighted by atomic mass is 9.85. The zero-order valence-corrected chi connectivity index (χ0v) is 12.8. The van der Waals surface area contributed by atoms with Crippen molar-refractivity contribution in [1.82, 2.24) is 0 Å². The van der Waals surface area contributed by atoms with Gasteiger partial charge in [-0.1, -0.05) is 114 Å². The first-order valence-corrected chi connectivity index (χ1v) is 8.43. The van der Waals surface area contributed by atoms with Gasteiger partial charge in [0.05, 0.1) is 0 Å². The van der Waals surface area contributed by atoms with Gasteiger partial charge in [0.2, 0.25) is 0 Å². The zero-order chi connectivity index (χ0) is 13.6. The van der Waals surface area contributed by atoms with Crippen LogP contribution in [0, 0.1) is 5.92 Å². The van der Waals surface area contributed by atoms with Gasteiger partial charge in [-0.05, 0) is 5.92 Å². The molecule has 1 aliphatic carbocycles. The van der Waals surface area contributed by atoms with Crippen molar-refractivity contribution >= 4 is 0 Å². The van der Waals surface area contributed by atoms with Crippen molar-refractivity contribution in [2.45, 2.75) is 77.6 Å². The number of rotatable bonds is 6. The molecule has 0 heterocycles. The Hall–Kier alpha value is -0.780. The van der Waals surface area contributed by atoms with Gasteiger partial charge in [0, 0.05) is 0 Å². The Bertz CT molecular complexity index is 232. The van der Waals surface area contributed by atoms with Gasteiger partial charge in [-0.3, -0.25) is 0 Å². The average Bonchev–Trinajstić information content (AvgIpc) is 2.51. The maximum Gasteiger partial charge on any atom is -0.0414 e. The van der Waals surface area contributed by atoms with E-state index in [0.717, 1.165) is 5.92 Å². The highest BCUT2D eigenvalue weighted by atomic mass is 14.2. The molecule has 1 fully saturated rings. The van der Waals surface area contributed by atoms with E-state index in [1.165, 1.54) is 70.6 Å². The van der Waals surface area contributed by atoms with Crippen molar-refractivity contribution in [3.8, 4) is 0 Å². The second-order valence-corrected chi connectivity index (χ2v) is 5.86. The third-order valence-corrected chi connectivity index (χ3v) is 4.11. The van der Waals surface area contributed by atoms with Gasteiger partial charge in [-0.2, -0.15) is 0 Å². The van der Waals surface area contributed by atoms with Crippen LogP contribution in [0.3, 0.4) is 0 Å². The molecule has 19 heavy (non-hydrogen) atoms. The standard InChI is InChI=1S/C13H26.C6H6/c1-2-3-4-5-7-10-13-11-8-6-9-12-13;1-2-4-6-5-3-1/h13H,2-12H2,1H3;1-6H. The second kappa shape index (κ2) is 12.3. The quantitative estimate of drug-likeness (QED) is 0.504. The molecule has 0 nitrogen and oxygen atoms in total. The van der Waals surface area contributed by atoms with Gasteiger partial charge in [-0.15, -0.1) is 0 Å². The van der Waals surface area contributed by atoms with Crippen molar-refractivity contribution in [2.24, 2.45) is 5.92 Å². The minimum absolute atomic E-state index is 1.11. The van der Waals surface area contributed by atoms with Gasteiger partial charge in [0.15, 0.2) is 0 Å². The van der Waals surface area contributed by atoms with Crippen molar-refractivity contribution < 1.29 is 0 Å². The van der Waals surface area contributed by atoms with Gasteiger partial charge in [0.25, 0.3) is 0 Å². The predicted octanol–water partition coefficient (Wildman–Crippen LogP) is 6.61. The molecular weight excluding hydrogens is 228 g/mol. The van der Waals surface area contributed by atoms with Crippen molar-refractivity contribution in [3.05, 3.63) is 36.4 Å². The van der Waals surface area contributed by atoms with E-state index < -0.39 is 0 Å². The van der Waals surface area contributed by atoms with Crippen LogP contribution in [-0.2, 0) is 0 Å². The Morgan fingerprint density at radius 2 is 1.21 bits per heavy atom. The SMILES string of the molecule is CCCCCCCC1CCCCC1.c1ccccc1. The van der Waals surface area contributed by atoms with Gasteiger partial charge in [0.1, 0.15) is 0 Å². The first-order chi connectivity index (χ1) is 9.43. The van der Waals surface area contributed by atoms with Crippen molar-refractivity contribution in [3.63, 3.8) is 0 Å². The number of benzene rings is 1. The van der Waals surface area contributed by atoms with Crippen LogP contribution in [0.5, 0.6) is 0 Å². The topological polar surface area (TPSA) is 0 Å². The van der Waals surface area contributed by atoms with Crippen molar-refractivity contribution in [2.75, 3.05) is 0 Å². The van der Waals surface area contributed by atoms with Crippen LogP contribution < -0.4 is 0 Å². The van der Waals surface area contributed by atoms with E-state index in [9.17, 15) is 0 Å². The van der Waals surface area contributed by atoms with E-state index in [0.29, 0.717) is 0 Å². The molecule has 0 amide bonds. The first kappa shape index (κ1) is 16.3. The van der Waals surface area contributed by atoms with E-state index in [4.69, 9.17) is 0 Å². The highest BCUT2D eigenvalue weighted by Gasteiger charge is 2.12. The molecule has 0 aromatic heterocycles. The van der Waals surface area contributed by atoms with Crippen molar-refractivity contribution in [1.29, 1.82) is 0 Å². The summed E-state index contributed by atoms with van der Waals surface area (Å²) in [4.78, 5) is 0. The summed E-state index contributed by atoms with van der Waals surface area (Å²) in [6.07, 6.45) is 16.4.